The zero-order valence-electron chi connectivity index (χ0n) is 8.03. The normalized spacial score (nSPS) is 10.4. The fourth-order valence-corrected chi connectivity index (χ4v) is 1.49. The number of methoxy groups -OCH3 is 1. The molecule has 1 aromatic carbocycles. The molecule has 0 fully saturated rings. The second-order valence-electron chi connectivity index (χ2n) is 3.07. The van der Waals surface area contributed by atoms with Crippen LogP contribution in [0.2, 0.25) is 0 Å². The molecule has 0 atom stereocenters. The van der Waals surface area contributed by atoms with E-state index in [1.54, 1.807) is 13.3 Å². The number of pyridine rings is 1. The minimum absolute atomic E-state index is 0.503. The molecule has 0 bridgehead atoms. The zero-order chi connectivity index (χ0) is 9.97. The van der Waals surface area contributed by atoms with Gasteiger partial charge in [0.2, 0.25) is 0 Å². The summed E-state index contributed by atoms with van der Waals surface area (Å²) in [6.07, 6.45) is 1.77. The van der Waals surface area contributed by atoms with Gasteiger partial charge in [0.15, 0.2) is 0 Å². The number of nitrogens with zero attached hydrogens (tertiary/aromatic N) is 1. The highest BCUT2D eigenvalue weighted by Crippen LogP contribution is 2.25. The maximum atomic E-state index is 5.58. The Labute approximate surface area is 82.5 Å². The van der Waals surface area contributed by atoms with Crippen LogP contribution in [0, 0.1) is 0 Å². The molecule has 0 aliphatic heterocycles. The van der Waals surface area contributed by atoms with Crippen molar-refractivity contribution in [2.45, 2.75) is 6.54 Å². The minimum Gasteiger partial charge on any atom is -0.496 e. The maximum Gasteiger partial charge on any atom is 0.128 e. The highest BCUT2D eigenvalue weighted by atomic mass is 16.5. The van der Waals surface area contributed by atoms with Crippen molar-refractivity contribution in [1.82, 2.24) is 4.98 Å². The summed E-state index contributed by atoms with van der Waals surface area (Å²) < 4.78 is 5.27. The number of hydrogen-bond donors (Lipinski definition) is 1. The molecule has 1 aromatic heterocycles. The summed E-state index contributed by atoms with van der Waals surface area (Å²) in [5, 5.41) is 1.02. The summed E-state index contributed by atoms with van der Waals surface area (Å²) in [6, 6.07) is 7.82. The summed E-state index contributed by atoms with van der Waals surface area (Å²) in [5.41, 5.74) is 7.54. The molecule has 0 aliphatic rings. The topological polar surface area (TPSA) is 48.1 Å². The van der Waals surface area contributed by atoms with Crippen molar-refractivity contribution in [1.29, 1.82) is 0 Å². The first-order chi connectivity index (χ1) is 6.85. The van der Waals surface area contributed by atoms with Crippen molar-refractivity contribution < 1.29 is 4.74 Å². The van der Waals surface area contributed by atoms with Crippen LogP contribution in [0.1, 0.15) is 5.56 Å². The Kier molecular flexibility index (Phi) is 2.33. The van der Waals surface area contributed by atoms with Gasteiger partial charge >= 0.3 is 0 Å². The number of aromatic nitrogens is 1. The summed E-state index contributed by atoms with van der Waals surface area (Å²) in [7, 11) is 1.65. The molecule has 1 heterocycles. The van der Waals surface area contributed by atoms with E-state index in [2.05, 4.69) is 4.98 Å². The van der Waals surface area contributed by atoms with Crippen LogP contribution in [0.15, 0.2) is 30.5 Å². The van der Waals surface area contributed by atoms with Gasteiger partial charge in [-0.05, 0) is 29.8 Å². The lowest BCUT2D eigenvalue weighted by Crippen LogP contribution is -1.97. The Balaban J connectivity index is 2.73. The van der Waals surface area contributed by atoms with E-state index in [4.69, 9.17) is 10.5 Å². The molecule has 0 aliphatic carbocycles. The third-order valence-electron chi connectivity index (χ3n) is 2.20. The smallest absolute Gasteiger partial charge is 0.128 e. The molecule has 2 rings (SSSR count). The predicted molar refractivity (Wildman–Crippen MR) is 56.2 cm³/mol. The summed E-state index contributed by atoms with van der Waals surface area (Å²) in [4.78, 5) is 4.26. The highest BCUT2D eigenvalue weighted by molar-refractivity contribution is 5.85. The van der Waals surface area contributed by atoms with E-state index >= 15 is 0 Å². The molecule has 3 heteroatoms. The van der Waals surface area contributed by atoms with Crippen LogP contribution >= 0.6 is 0 Å². The molecule has 2 aromatic rings. The van der Waals surface area contributed by atoms with Crippen molar-refractivity contribution in [2.24, 2.45) is 5.73 Å². The predicted octanol–water partition coefficient (Wildman–Crippen LogP) is 1.70. The standard InChI is InChI=1S/C11H12N2O/c1-14-11-6-8(7-12)5-10-9(11)3-2-4-13-10/h2-6H,7,12H2,1H3. The third-order valence-corrected chi connectivity index (χ3v) is 2.20. The monoisotopic (exact) mass is 188 g/mol. The van der Waals surface area contributed by atoms with Crippen LogP contribution < -0.4 is 10.5 Å². The number of rotatable bonds is 2. The van der Waals surface area contributed by atoms with Crippen LogP contribution in [0.3, 0.4) is 0 Å². The second-order valence-corrected chi connectivity index (χ2v) is 3.07. The van der Waals surface area contributed by atoms with E-state index in [1.165, 1.54) is 0 Å². The lowest BCUT2D eigenvalue weighted by Gasteiger charge is -2.06. The van der Waals surface area contributed by atoms with Crippen molar-refractivity contribution in [2.75, 3.05) is 7.11 Å². The van der Waals surface area contributed by atoms with Gasteiger partial charge in [0, 0.05) is 18.1 Å². The van der Waals surface area contributed by atoms with Gasteiger partial charge in [0.05, 0.1) is 12.6 Å². The lowest BCUT2D eigenvalue weighted by atomic mass is 10.1. The van der Waals surface area contributed by atoms with E-state index < -0.39 is 0 Å². The molecule has 14 heavy (non-hydrogen) atoms. The number of nitrogens with two attached hydrogens (primary N) is 1. The molecular weight excluding hydrogens is 176 g/mol. The van der Waals surface area contributed by atoms with E-state index in [0.29, 0.717) is 6.54 Å². The summed E-state index contributed by atoms with van der Waals surface area (Å²) in [5.74, 6) is 0.830. The van der Waals surface area contributed by atoms with Gasteiger partial charge < -0.3 is 10.5 Å². The maximum absolute atomic E-state index is 5.58. The molecule has 2 N–H and O–H groups in total. The van der Waals surface area contributed by atoms with Crippen LogP contribution in [-0.2, 0) is 6.54 Å². The Morgan fingerprint density at radius 1 is 1.43 bits per heavy atom. The van der Waals surface area contributed by atoms with Crippen LogP contribution in [0.4, 0.5) is 0 Å². The van der Waals surface area contributed by atoms with Crippen molar-refractivity contribution in [3.8, 4) is 5.75 Å². The molecule has 72 valence electrons. The second kappa shape index (κ2) is 3.64. The first-order valence-corrected chi connectivity index (χ1v) is 4.47. The Morgan fingerprint density at radius 3 is 3.00 bits per heavy atom. The Morgan fingerprint density at radius 2 is 2.29 bits per heavy atom. The average Bonchev–Trinajstić information content (AvgIpc) is 2.27. The van der Waals surface area contributed by atoms with Crippen LogP contribution in [-0.4, -0.2) is 12.1 Å². The van der Waals surface area contributed by atoms with Crippen molar-refractivity contribution in [3.63, 3.8) is 0 Å². The molecular formula is C11H12N2O. The van der Waals surface area contributed by atoms with Gasteiger partial charge in [-0.1, -0.05) is 0 Å². The SMILES string of the molecule is COc1cc(CN)cc2ncccc12. The fourth-order valence-electron chi connectivity index (χ4n) is 1.49. The zero-order valence-corrected chi connectivity index (χ0v) is 8.03. The van der Waals surface area contributed by atoms with Crippen molar-refractivity contribution >= 4 is 10.9 Å². The minimum atomic E-state index is 0.503. The van der Waals surface area contributed by atoms with Gasteiger partial charge in [-0.25, -0.2) is 0 Å². The first-order valence-electron chi connectivity index (χ1n) is 4.47. The van der Waals surface area contributed by atoms with E-state index in [1.807, 2.05) is 24.3 Å². The third kappa shape index (κ3) is 1.42. The van der Waals surface area contributed by atoms with Gasteiger partial charge in [0.1, 0.15) is 5.75 Å². The first kappa shape index (κ1) is 8.97. The van der Waals surface area contributed by atoms with Gasteiger partial charge in [-0.15, -0.1) is 0 Å². The average molecular weight is 188 g/mol. The van der Waals surface area contributed by atoms with E-state index in [0.717, 1.165) is 22.2 Å². The van der Waals surface area contributed by atoms with E-state index in [9.17, 15) is 0 Å². The Bertz CT molecular complexity index is 454. The van der Waals surface area contributed by atoms with Gasteiger partial charge in [-0.2, -0.15) is 0 Å². The Hall–Kier alpha value is -1.61. The summed E-state index contributed by atoms with van der Waals surface area (Å²) >= 11 is 0. The molecule has 0 saturated heterocycles. The van der Waals surface area contributed by atoms with E-state index in [-0.39, 0.29) is 0 Å². The largest absolute Gasteiger partial charge is 0.496 e. The van der Waals surface area contributed by atoms with Crippen LogP contribution in [0.5, 0.6) is 5.75 Å². The molecule has 3 nitrogen and oxygen atoms in total. The summed E-state index contributed by atoms with van der Waals surface area (Å²) in [6.45, 7) is 0.503. The van der Waals surface area contributed by atoms with Crippen molar-refractivity contribution in [3.05, 3.63) is 36.0 Å². The molecule has 0 unspecified atom stereocenters. The number of benzene rings is 1. The lowest BCUT2D eigenvalue weighted by molar-refractivity contribution is 0.419. The number of fused-ring (bicyclic) bond motifs is 1. The van der Waals surface area contributed by atoms with Gasteiger partial charge in [0.25, 0.3) is 0 Å². The van der Waals surface area contributed by atoms with Crippen LogP contribution in [0.25, 0.3) is 10.9 Å². The fraction of sp³-hybridized carbons (Fsp3) is 0.182. The molecule has 0 radical (unpaired) electrons. The molecule has 0 spiro atoms. The highest BCUT2D eigenvalue weighted by Gasteiger charge is 2.03. The number of hydrogen-bond acceptors (Lipinski definition) is 3. The number of ether oxygens (including phenoxy) is 1. The molecule has 0 saturated carbocycles. The quantitative estimate of drug-likeness (QED) is 0.780. The molecule has 0 amide bonds. The van der Waals surface area contributed by atoms with Gasteiger partial charge in [-0.3, -0.25) is 4.98 Å².